The standard InChI is InChI=1S/C15H19N3O3S/c1-9-6-7-11(10(2)13(9)17-22(4,5)21)14(19)12-8-16-18(3)15(12)20/h6-8,16H,4H2,1-3,5H3,(H,17,21). The van der Waals surface area contributed by atoms with Crippen molar-refractivity contribution in [2.45, 2.75) is 13.8 Å². The van der Waals surface area contributed by atoms with Gasteiger partial charge in [-0.05, 0) is 30.8 Å². The highest BCUT2D eigenvalue weighted by molar-refractivity contribution is 8.00. The van der Waals surface area contributed by atoms with Gasteiger partial charge in [-0.2, -0.15) is 0 Å². The van der Waals surface area contributed by atoms with Crippen LogP contribution in [0.5, 0.6) is 0 Å². The van der Waals surface area contributed by atoms with Crippen molar-refractivity contribution in [1.29, 1.82) is 0 Å². The number of hydrogen-bond acceptors (Lipinski definition) is 3. The van der Waals surface area contributed by atoms with Gasteiger partial charge in [-0.15, -0.1) is 0 Å². The predicted octanol–water partition coefficient (Wildman–Crippen LogP) is 1.23. The number of anilines is 1. The Hall–Kier alpha value is -2.28. The summed E-state index contributed by atoms with van der Waals surface area (Å²) < 4.78 is 16.0. The predicted molar refractivity (Wildman–Crippen MR) is 90.2 cm³/mol. The molecule has 0 aliphatic carbocycles. The van der Waals surface area contributed by atoms with Crippen LogP contribution in [0.1, 0.15) is 27.0 Å². The number of ketones is 1. The molecule has 1 atom stereocenters. The van der Waals surface area contributed by atoms with E-state index in [2.05, 4.69) is 15.7 Å². The van der Waals surface area contributed by atoms with Gasteiger partial charge in [0.05, 0.1) is 5.69 Å². The number of hydrogen-bond donors (Lipinski definition) is 2. The minimum Gasteiger partial charge on any atom is -0.313 e. The minimum atomic E-state index is -2.47. The highest BCUT2D eigenvalue weighted by atomic mass is 32.2. The summed E-state index contributed by atoms with van der Waals surface area (Å²) >= 11 is 0. The van der Waals surface area contributed by atoms with Gasteiger partial charge < -0.3 is 9.82 Å². The number of nitrogens with zero attached hydrogens (tertiary/aromatic N) is 1. The van der Waals surface area contributed by atoms with Gasteiger partial charge in [0.25, 0.3) is 5.56 Å². The first-order valence-electron chi connectivity index (χ1n) is 6.61. The summed E-state index contributed by atoms with van der Waals surface area (Å²) in [5.41, 5.74) is 2.21. The van der Waals surface area contributed by atoms with Crippen LogP contribution in [0.25, 0.3) is 0 Å². The number of aromatic amines is 1. The number of aromatic nitrogens is 2. The summed E-state index contributed by atoms with van der Waals surface area (Å²) in [4.78, 5) is 24.5. The lowest BCUT2D eigenvalue weighted by molar-refractivity contribution is 0.103. The molecule has 22 heavy (non-hydrogen) atoms. The van der Waals surface area contributed by atoms with E-state index in [1.807, 2.05) is 6.92 Å². The van der Waals surface area contributed by atoms with Crippen LogP contribution in [-0.4, -0.2) is 31.9 Å². The number of rotatable bonds is 4. The molecule has 1 aromatic carbocycles. The lowest BCUT2D eigenvalue weighted by Crippen LogP contribution is -2.20. The molecule has 0 saturated carbocycles. The molecule has 0 radical (unpaired) electrons. The summed E-state index contributed by atoms with van der Waals surface area (Å²) in [6.07, 6.45) is 2.88. The van der Waals surface area contributed by atoms with E-state index in [4.69, 9.17) is 0 Å². The summed E-state index contributed by atoms with van der Waals surface area (Å²) in [6, 6.07) is 3.43. The SMILES string of the molecule is C=S(C)(=O)Nc1c(C)ccc(C(=O)c2c[nH]n(C)c2=O)c1C. The molecule has 1 aromatic heterocycles. The zero-order chi connectivity index (χ0) is 16.7. The first-order valence-corrected chi connectivity index (χ1v) is 8.74. The Morgan fingerprint density at radius 1 is 1.32 bits per heavy atom. The first kappa shape index (κ1) is 16.1. The van der Waals surface area contributed by atoms with E-state index >= 15 is 0 Å². The minimum absolute atomic E-state index is 0.0762. The highest BCUT2D eigenvalue weighted by Crippen LogP contribution is 2.25. The molecule has 1 unspecified atom stereocenters. The largest absolute Gasteiger partial charge is 0.313 e. The molecule has 0 amide bonds. The van der Waals surface area contributed by atoms with Crippen molar-refractivity contribution in [1.82, 2.24) is 9.78 Å². The van der Waals surface area contributed by atoms with Gasteiger partial charge in [-0.1, -0.05) is 12.1 Å². The quantitative estimate of drug-likeness (QED) is 0.656. The van der Waals surface area contributed by atoms with Crippen molar-refractivity contribution in [3.63, 3.8) is 0 Å². The zero-order valence-corrected chi connectivity index (χ0v) is 13.8. The van der Waals surface area contributed by atoms with E-state index in [1.54, 1.807) is 26.1 Å². The van der Waals surface area contributed by atoms with E-state index < -0.39 is 9.71 Å². The Balaban J connectivity index is 2.58. The number of carbonyl (C=O) groups excluding carboxylic acids is 1. The molecule has 2 N–H and O–H groups in total. The molecule has 2 aromatic rings. The summed E-state index contributed by atoms with van der Waals surface area (Å²) in [6.45, 7) is 3.61. The van der Waals surface area contributed by atoms with Crippen LogP contribution in [0, 0.1) is 13.8 Å². The maximum atomic E-state index is 12.6. The van der Waals surface area contributed by atoms with Crippen LogP contribution in [-0.2, 0) is 16.8 Å². The zero-order valence-electron chi connectivity index (χ0n) is 13.0. The normalized spacial score (nSPS) is 13.6. The van der Waals surface area contributed by atoms with Gasteiger partial charge in [0, 0.05) is 34.8 Å². The van der Waals surface area contributed by atoms with Crippen molar-refractivity contribution >= 4 is 27.0 Å². The maximum Gasteiger partial charge on any atom is 0.277 e. The molecule has 1 heterocycles. The molecule has 2 rings (SSSR count). The fraction of sp³-hybridized carbons (Fsp3) is 0.267. The molecule has 6 nitrogen and oxygen atoms in total. The van der Waals surface area contributed by atoms with Gasteiger partial charge in [0.2, 0.25) is 5.78 Å². The maximum absolute atomic E-state index is 12.6. The highest BCUT2D eigenvalue weighted by Gasteiger charge is 2.20. The third-order valence-corrected chi connectivity index (χ3v) is 4.05. The summed E-state index contributed by atoms with van der Waals surface area (Å²) in [5.74, 6) is 3.20. The summed E-state index contributed by atoms with van der Waals surface area (Å²) in [7, 11) is -0.922. The number of carbonyl (C=O) groups is 1. The van der Waals surface area contributed by atoms with Crippen molar-refractivity contribution < 1.29 is 9.00 Å². The molecule has 0 bridgehead atoms. The topological polar surface area (TPSA) is 84.0 Å². The summed E-state index contributed by atoms with van der Waals surface area (Å²) in [5, 5.41) is 2.68. The van der Waals surface area contributed by atoms with Gasteiger partial charge in [-0.25, -0.2) is 4.21 Å². The molecule has 0 saturated heterocycles. The Bertz CT molecular complexity index is 905. The Morgan fingerprint density at radius 3 is 2.45 bits per heavy atom. The fourth-order valence-electron chi connectivity index (χ4n) is 2.24. The van der Waals surface area contributed by atoms with Crippen LogP contribution in [0.2, 0.25) is 0 Å². The van der Waals surface area contributed by atoms with Gasteiger partial charge >= 0.3 is 0 Å². The van der Waals surface area contributed by atoms with Crippen LogP contribution in [0.4, 0.5) is 5.69 Å². The second-order valence-corrected chi connectivity index (χ2v) is 7.63. The molecule has 0 fully saturated rings. The van der Waals surface area contributed by atoms with E-state index in [9.17, 15) is 13.8 Å². The lowest BCUT2D eigenvalue weighted by Gasteiger charge is -2.16. The van der Waals surface area contributed by atoms with Gasteiger partial charge in [0.1, 0.15) is 5.56 Å². The Morgan fingerprint density at radius 2 is 1.95 bits per heavy atom. The molecular formula is C15H19N3O3S. The second-order valence-electron chi connectivity index (χ2n) is 5.42. The molecule has 118 valence electrons. The first-order chi connectivity index (χ1) is 10.1. The molecule has 0 aliphatic rings. The smallest absolute Gasteiger partial charge is 0.277 e. The van der Waals surface area contributed by atoms with E-state index in [0.29, 0.717) is 16.8 Å². The average Bonchev–Trinajstić information content (AvgIpc) is 2.73. The Labute approximate surface area is 129 Å². The third-order valence-electron chi connectivity index (χ3n) is 3.42. The van der Waals surface area contributed by atoms with Crippen LogP contribution in [0.15, 0.2) is 23.1 Å². The van der Waals surface area contributed by atoms with E-state index in [-0.39, 0.29) is 16.9 Å². The van der Waals surface area contributed by atoms with Gasteiger partial charge in [0.15, 0.2) is 0 Å². The molecule has 0 aliphatic heterocycles. The van der Waals surface area contributed by atoms with Crippen molar-refractivity contribution in [3.05, 3.63) is 50.9 Å². The van der Waals surface area contributed by atoms with Crippen molar-refractivity contribution in [2.75, 3.05) is 11.0 Å². The number of H-pyrrole nitrogens is 1. The van der Waals surface area contributed by atoms with Crippen molar-refractivity contribution in [3.8, 4) is 0 Å². The van der Waals surface area contributed by atoms with Crippen LogP contribution >= 0.6 is 0 Å². The lowest BCUT2D eigenvalue weighted by atomic mass is 9.97. The van der Waals surface area contributed by atoms with Gasteiger partial charge in [-0.3, -0.25) is 14.3 Å². The molecule has 7 heteroatoms. The average molecular weight is 321 g/mol. The Kier molecular flexibility index (Phi) is 4.02. The number of nitrogens with one attached hydrogen (secondary N) is 2. The number of aryl methyl sites for hydroxylation is 2. The van der Waals surface area contributed by atoms with E-state index in [0.717, 1.165) is 5.56 Å². The number of benzene rings is 1. The second kappa shape index (κ2) is 5.49. The fourth-order valence-corrected chi connectivity index (χ4v) is 2.98. The van der Waals surface area contributed by atoms with Crippen LogP contribution < -0.4 is 10.3 Å². The van der Waals surface area contributed by atoms with Crippen molar-refractivity contribution in [2.24, 2.45) is 7.05 Å². The van der Waals surface area contributed by atoms with E-state index in [1.165, 1.54) is 17.1 Å². The van der Waals surface area contributed by atoms with Crippen LogP contribution in [0.3, 0.4) is 0 Å². The molecule has 0 spiro atoms. The third kappa shape index (κ3) is 2.99. The molecular weight excluding hydrogens is 302 g/mol. The monoisotopic (exact) mass is 321 g/mol.